The van der Waals surface area contributed by atoms with E-state index in [2.05, 4.69) is 15.3 Å². The fourth-order valence-corrected chi connectivity index (χ4v) is 3.80. The van der Waals surface area contributed by atoms with Gasteiger partial charge in [0, 0.05) is 34.9 Å². The van der Waals surface area contributed by atoms with Crippen LogP contribution < -0.4 is 5.32 Å². The molecule has 0 aromatic carbocycles. The summed E-state index contributed by atoms with van der Waals surface area (Å²) in [6, 6.07) is 3.92. The Bertz CT molecular complexity index is 865. The highest BCUT2D eigenvalue weighted by atomic mass is 32.1. The summed E-state index contributed by atoms with van der Waals surface area (Å²) >= 11 is 0.692. The van der Waals surface area contributed by atoms with Gasteiger partial charge in [-0.15, -0.1) is 11.3 Å². The Morgan fingerprint density at radius 2 is 2.17 bits per heavy atom. The van der Waals surface area contributed by atoms with E-state index in [1.807, 2.05) is 16.7 Å². The Hall–Kier alpha value is -1.93. The first kappa shape index (κ1) is 14.6. The monoisotopic (exact) mass is 338 g/mol. The highest BCUT2D eigenvalue weighted by Crippen LogP contribution is 2.34. The van der Waals surface area contributed by atoms with E-state index < -0.39 is 11.2 Å². The van der Waals surface area contributed by atoms with Gasteiger partial charge in [-0.3, -0.25) is 0 Å². The van der Waals surface area contributed by atoms with Crippen molar-refractivity contribution in [2.45, 2.75) is 25.7 Å². The molecule has 1 N–H and O–H groups in total. The maximum absolute atomic E-state index is 12.7. The number of aromatic nitrogens is 3. The second-order valence-corrected chi connectivity index (χ2v) is 6.56. The van der Waals surface area contributed by atoms with Crippen LogP contribution >= 0.6 is 11.3 Å². The number of nitrogens with one attached hydrogen (secondary N) is 1. The van der Waals surface area contributed by atoms with Gasteiger partial charge in [0.15, 0.2) is 5.01 Å². The van der Waals surface area contributed by atoms with Crippen LogP contribution in [0.4, 0.5) is 13.2 Å². The molecule has 3 aromatic rings. The van der Waals surface area contributed by atoms with Gasteiger partial charge in [0.2, 0.25) is 0 Å². The molecule has 4 heterocycles. The summed E-state index contributed by atoms with van der Waals surface area (Å²) < 4.78 is 40.2. The van der Waals surface area contributed by atoms with E-state index in [4.69, 9.17) is 0 Å². The molecule has 8 heteroatoms. The Labute approximate surface area is 134 Å². The zero-order valence-corrected chi connectivity index (χ0v) is 12.8. The lowest BCUT2D eigenvalue weighted by Crippen LogP contribution is -2.25. The summed E-state index contributed by atoms with van der Waals surface area (Å²) in [5.41, 5.74) is 3.17. The largest absolute Gasteiger partial charge is 0.443 e. The molecule has 0 atom stereocenters. The summed E-state index contributed by atoms with van der Waals surface area (Å²) in [5, 5.41) is 3.60. The number of hydrogen-bond acceptors (Lipinski definition) is 4. The summed E-state index contributed by atoms with van der Waals surface area (Å²) in [4.78, 5) is 8.52. The zero-order chi connectivity index (χ0) is 16.0. The first-order valence-corrected chi connectivity index (χ1v) is 8.03. The minimum absolute atomic E-state index is 0.359. The summed E-state index contributed by atoms with van der Waals surface area (Å²) in [7, 11) is 0. The molecule has 0 saturated heterocycles. The predicted molar refractivity (Wildman–Crippen MR) is 81.4 cm³/mol. The van der Waals surface area contributed by atoms with Crippen molar-refractivity contribution in [2.75, 3.05) is 6.54 Å². The van der Waals surface area contributed by atoms with Crippen molar-refractivity contribution in [1.29, 1.82) is 0 Å². The second-order valence-electron chi connectivity index (χ2n) is 5.44. The molecule has 23 heavy (non-hydrogen) atoms. The van der Waals surface area contributed by atoms with E-state index in [0.29, 0.717) is 29.3 Å². The van der Waals surface area contributed by atoms with Crippen LogP contribution in [0.25, 0.3) is 11.0 Å². The quantitative estimate of drug-likeness (QED) is 0.780. The molecule has 0 aliphatic carbocycles. The lowest BCUT2D eigenvalue weighted by molar-refractivity contribution is -0.137. The predicted octanol–water partition coefficient (Wildman–Crippen LogP) is 3.21. The third-order valence-electron chi connectivity index (χ3n) is 4.00. The van der Waals surface area contributed by atoms with Crippen molar-refractivity contribution in [3.63, 3.8) is 0 Å². The summed E-state index contributed by atoms with van der Waals surface area (Å²) in [6.45, 7) is 1.97. The average Bonchev–Trinajstić information content (AvgIpc) is 3.12. The third kappa shape index (κ3) is 2.51. The van der Waals surface area contributed by atoms with Crippen molar-refractivity contribution in [3.8, 4) is 0 Å². The minimum Gasteiger partial charge on any atom is -0.323 e. The van der Waals surface area contributed by atoms with E-state index in [0.717, 1.165) is 29.7 Å². The number of thiazole rings is 1. The van der Waals surface area contributed by atoms with E-state index in [1.165, 1.54) is 11.8 Å². The molecule has 0 unspecified atom stereocenters. The molecule has 0 saturated carbocycles. The molecule has 4 nitrogen and oxygen atoms in total. The lowest BCUT2D eigenvalue weighted by atomic mass is 10.1. The minimum atomic E-state index is -4.39. The molecule has 0 amide bonds. The van der Waals surface area contributed by atoms with Gasteiger partial charge in [0.25, 0.3) is 0 Å². The molecule has 4 rings (SSSR count). The SMILES string of the molecule is FC(F)(F)c1ncc(Cn2c3c(c4cccnc42)CCNC3)s1. The summed E-state index contributed by atoms with van der Waals surface area (Å²) in [5.74, 6) is 0. The molecule has 0 radical (unpaired) electrons. The maximum Gasteiger partial charge on any atom is 0.443 e. The lowest BCUT2D eigenvalue weighted by Gasteiger charge is -2.16. The van der Waals surface area contributed by atoms with Gasteiger partial charge in [-0.1, -0.05) is 0 Å². The van der Waals surface area contributed by atoms with Crippen LogP contribution in [0.15, 0.2) is 24.5 Å². The van der Waals surface area contributed by atoms with Gasteiger partial charge in [-0.2, -0.15) is 13.2 Å². The van der Waals surface area contributed by atoms with E-state index in [-0.39, 0.29) is 0 Å². The van der Waals surface area contributed by atoms with Gasteiger partial charge in [0.05, 0.1) is 6.54 Å². The average molecular weight is 338 g/mol. The van der Waals surface area contributed by atoms with Crippen LogP contribution in [-0.4, -0.2) is 21.1 Å². The van der Waals surface area contributed by atoms with Crippen LogP contribution in [-0.2, 0) is 25.7 Å². The van der Waals surface area contributed by atoms with Crippen LogP contribution in [0.1, 0.15) is 21.1 Å². The fourth-order valence-electron chi connectivity index (χ4n) is 3.03. The summed E-state index contributed by atoms with van der Waals surface area (Å²) in [6.07, 6.45) is -0.460. The molecule has 0 spiro atoms. The Morgan fingerprint density at radius 3 is 2.96 bits per heavy atom. The first-order valence-electron chi connectivity index (χ1n) is 7.21. The first-order chi connectivity index (χ1) is 11.0. The van der Waals surface area contributed by atoms with Crippen LogP contribution in [0.2, 0.25) is 0 Å². The Morgan fingerprint density at radius 1 is 1.30 bits per heavy atom. The van der Waals surface area contributed by atoms with E-state index in [1.54, 1.807) is 6.20 Å². The number of rotatable bonds is 2. The van der Waals surface area contributed by atoms with Crippen molar-refractivity contribution in [2.24, 2.45) is 0 Å². The molecule has 1 aliphatic heterocycles. The fraction of sp³-hybridized carbons (Fsp3) is 0.333. The molecule has 0 bridgehead atoms. The van der Waals surface area contributed by atoms with E-state index in [9.17, 15) is 13.2 Å². The standard InChI is InChI=1S/C15H13F3N4S/c16-15(17,18)14-21-6-9(23-14)8-22-12-7-19-5-3-10(12)11-2-1-4-20-13(11)22/h1-2,4,6,19H,3,5,7-8H2. The number of fused-ring (bicyclic) bond motifs is 3. The molecule has 1 aliphatic rings. The number of hydrogen-bond donors (Lipinski definition) is 1. The Balaban J connectivity index is 1.78. The van der Waals surface area contributed by atoms with Crippen molar-refractivity contribution < 1.29 is 13.2 Å². The van der Waals surface area contributed by atoms with Gasteiger partial charge >= 0.3 is 6.18 Å². The normalized spacial score (nSPS) is 15.1. The van der Waals surface area contributed by atoms with Gasteiger partial charge in [0.1, 0.15) is 5.65 Å². The molecular formula is C15H13F3N4S. The van der Waals surface area contributed by atoms with E-state index >= 15 is 0 Å². The van der Waals surface area contributed by atoms with Gasteiger partial charge < -0.3 is 9.88 Å². The number of alkyl halides is 3. The zero-order valence-electron chi connectivity index (χ0n) is 12.0. The van der Waals surface area contributed by atoms with Crippen LogP contribution in [0.5, 0.6) is 0 Å². The highest BCUT2D eigenvalue weighted by molar-refractivity contribution is 7.11. The molecule has 0 fully saturated rings. The van der Waals surface area contributed by atoms with Gasteiger partial charge in [-0.05, 0) is 30.7 Å². The molecule has 120 valence electrons. The van der Waals surface area contributed by atoms with Crippen molar-refractivity contribution in [3.05, 3.63) is 45.7 Å². The van der Waals surface area contributed by atoms with Crippen LogP contribution in [0, 0.1) is 0 Å². The molecular weight excluding hydrogens is 325 g/mol. The topological polar surface area (TPSA) is 42.7 Å². The molecule has 3 aromatic heterocycles. The third-order valence-corrected chi connectivity index (χ3v) is 5.02. The maximum atomic E-state index is 12.7. The van der Waals surface area contributed by atoms with Gasteiger partial charge in [-0.25, -0.2) is 9.97 Å². The second kappa shape index (κ2) is 5.31. The van der Waals surface area contributed by atoms with Crippen LogP contribution in [0.3, 0.4) is 0 Å². The Kier molecular flexibility index (Phi) is 3.38. The number of pyridine rings is 1. The smallest absolute Gasteiger partial charge is 0.323 e. The number of halogens is 3. The van der Waals surface area contributed by atoms with Crippen molar-refractivity contribution in [1.82, 2.24) is 19.9 Å². The highest BCUT2D eigenvalue weighted by Gasteiger charge is 2.34. The van der Waals surface area contributed by atoms with Crippen molar-refractivity contribution >= 4 is 22.4 Å². The number of nitrogens with zero attached hydrogens (tertiary/aromatic N) is 3.